The van der Waals surface area contributed by atoms with Crippen LogP contribution in [0.3, 0.4) is 0 Å². The van der Waals surface area contributed by atoms with Crippen LogP contribution in [0, 0.1) is 5.92 Å². The summed E-state index contributed by atoms with van der Waals surface area (Å²) in [7, 11) is 0. The first-order valence-electron chi connectivity index (χ1n) is 8.87. The smallest absolute Gasteiger partial charge is 0.251 e. The summed E-state index contributed by atoms with van der Waals surface area (Å²) in [6.45, 7) is 4.72. The molecule has 2 atom stereocenters. The number of fused-ring (bicyclic) bond motifs is 1. The monoisotopic (exact) mass is 336 g/mol. The van der Waals surface area contributed by atoms with Crippen molar-refractivity contribution in [2.45, 2.75) is 32.7 Å². The number of benzene rings is 2. The summed E-state index contributed by atoms with van der Waals surface area (Å²) in [5.41, 5.74) is 2.73. The van der Waals surface area contributed by atoms with Crippen molar-refractivity contribution < 1.29 is 9.59 Å². The van der Waals surface area contributed by atoms with Gasteiger partial charge in [-0.25, -0.2) is 0 Å². The van der Waals surface area contributed by atoms with E-state index in [9.17, 15) is 9.59 Å². The van der Waals surface area contributed by atoms with E-state index in [1.54, 1.807) is 12.1 Å². The molecule has 25 heavy (non-hydrogen) atoms. The van der Waals surface area contributed by atoms with Gasteiger partial charge in [-0.1, -0.05) is 56.7 Å². The molecule has 0 saturated carbocycles. The van der Waals surface area contributed by atoms with Crippen molar-refractivity contribution in [3.8, 4) is 0 Å². The minimum Gasteiger partial charge on any atom is -0.340 e. The lowest BCUT2D eigenvalue weighted by Gasteiger charge is -2.28. The molecule has 1 N–H and O–H groups in total. The Morgan fingerprint density at radius 1 is 1.08 bits per heavy atom. The number of nitrogens with zero attached hydrogens (tertiary/aromatic N) is 1. The van der Waals surface area contributed by atoms with E-state index in [2.05, 4.69) is 11.4 Å². The number of carbonyl (C=O) groups is 2. The highest BCUT2D eigenvalue weighted by molar-refractivity contribution is 6.03. The molecule has 2 aromatic carbocycles. The maximum atomic E-state index is 13.2. The molecule has 4 heteroatoms. The zero-order valence-electron chi connectivity index (χ0n) is 14.7. The van der Waals surface area contributed by atoms with Crippen LogP contribution in [0.2, 0.25) is 0 Å². The molecule has 0 radical (unpaired) electrons. The van der Waals surface area contributed by atoms with E-state index in [4.69, 9.17) is 0 Å². The van der Waals surface area contributed by atoms with Gasteiger partial charge >= 0.3 is 0 Å². The number of rotatable bonds is 5. The Morgan fingerprint density at radius 3 is 2.48 bits per heavy atom. The van der Waals surface area contributed by atoms with Crippen LogP contribution in [0.1, 0.15) is 36.2 Å². The van der Waals surface area contributed by atoms with Crippen molar-refractivity contribution in [3.05, 3.63) is 65.7 Å². The summed E-state index contributed by atoms with van der Waals surface area (Å²) >= 11 is 0. The van der Waals surface area contributed by atoms with Gasteiger partial charge in [0.05, 0.1) is 0 Å². The van der Waals surface area contributed by atoms with Crippen molar-refractivity contribution in [2.24, 2.45) is 5.92 Å². The zero-order chi connectivity index (χ0) is 17.8. The third-order valence-electron chi connectivity index (χ3n) is 4.95. The van der Waals surface area contributed by atoms with Crippen molar-refractivity contribution in [1.82, 2.24) is 5.32 Å². The standard InChI is InChI=1S/C21H24N2O2/c1-3-15(2)19(22-20(24)17-10-5-4-6-11-17)21(25)23-14-13-16-9-7-8-12-18(16)23/h4-12,15,19H,3,13-14H2,1-2H3,(H,22,24)/t15-,19+/m1/s1. The van der Waals surface area contributed by atoms with Gasteiger partial charge in [-0.15, -0.1) is 0 Å². The van der Waals surface area contributed by atoms with Crippen LogP contribution in [0.15, 0.2) is 54.6 Å². The predicted molar refractivity (Wildman–Crippen MR) is 99.7 cm³/mol. The number of anilines is 1. The molecule has 0 saturated heterocycles. The van der Waals surface area contributed by atoms with E-state index in [0.717, 1.165) is 18.5 Å². The van der Waals surface area contributed by atoms with Gasteiger partial charge in [-0.05, 0) is 36.1 Å². The first-order valence-corrected chi connectivity index (χ1v) is 8.87. The number of nitrogens with one attached hydrogen (secondary N) is 1. The third-order valence-corrected chi connectivity index (χ3v) is 4.95. The highest BCUT2D eigenvalue weighted by Crippen LogP contribution is 2.29. The van der Waals surface area contributed by atoms with Crippen LogP contribution in [0.4, 0.5) is 5.69 Å². The highest BCUT2D eigenvalue weighted by atomic mass is 16.2. The molecule has 2 aromatic rings. The fourth-order valence-corrected chi connectivity index (χ4v) is 3.23. The number of carbonyl (C=O) groups excluding carboxylic acids is 2. The molecule has 1 heterocycles. The maximum Gasteiger partial charge on any atom is 0.251 e. The van der Waals surface area contributed by atoms with Crippen LogP contribution in [-0.4, -0.2) is 24.4 Å². The Balaban J connectivity index is 1.82. The molecule has 1 aliphatic heterocycles. The van der Waals surface area contributed by atoms with Gasteiger partial charge in [0.25, 0.3) is 5.91 Å². The van der Waals surface area contributed by atoms with Gasteiger partial charge in [0.15, 0.2) is 0 Å². The summed E-state index contributed by atoms with van der Waals surface area (Å²) in [6.07, 6.45) is 1.68. The summed E-state index contributed by atoms with van der Waals surface area (Å²) in [5, 5.41) is 2.96. The molecule has 0 fully saturated rings. The quantitative estimate of drug-likeness (QED) is 0.909. The van der Waals surface area contributed by atoms with Gasteiger partial charge in [0.2, 0.25) is 5.91 Å². The normalized spacial score (nSPS) is 15.4. The minimum atomic E-state index is -0.524. The van der Waals surface area contributed by atoms with E-state index < -0.39 is 6.04 Å². The molecular formula is C21H24N2O2. The second-order valence-corrected chi connectivity index (χ2v) is 6.57. The van der Waals surface area contributed by atoms with Crippen molar-refractivity contribution in [3.63, 3.8) is 0 Å². The highest BCUT2D eigenvalue weighted by Gasteiger charge is 2.33. The Kier molecular flexibility index (Phi) is 5.17. The lowest BCUT2D eigenvalue weighted by molar-refractivity contribution is -0.121. The Morgan fingerprint density at radius 2 is 1.76 bits per heavy atom. The average molecular weight is 336 g/mol. The molecule has 3 rings (SSSR count). The van der Waals surface area contributed by atoms with Crippen LogP contribution >= 0.6 is 0 Å². The van der Waals surface area contributed by atoms with Crippen molar-refractivity contribution in [1.29, 1.82) is 0 Å². The number of amides is 2. The van der Waals surface area contributed by atoms with E-state index in [0.29, 0.717) is 12.1 Å². The lowest BCUT2D eigenvalue weighted by Crippen LogP contribution is -2.51. The van der Waals surface area contributed by atoms with E-state index >= 15 is 0 Å². The molecule has 4 nitrogen and oxygen atoms in total. The molecule has 0 spiro atoms. The van der Waals surface area contributed by atoms with Crippen molar-refractivity contribution in [2.75, 3.05) is 11.4 Å². The van der Waals surface area contributed by atoms with Gasteiger partial charge in [-0.3, -0.25) is 9.59 Å². The fraction of sp³-hybridized carbons (Fsp3) is 0.333. The van der Waals surface area contributed by atoms with E-state index in [-0.39, 0.29) is 17.7 Å². The number of hydrogen-bond donors (Lipinski definition) is 1. The zero-order valence-corrected chi connectivity index (χ0v) is 14.7. The first-order chi connectivity index (χ1) is 12.1. The second-order valence-electron chi connectivity index (χ2n) is 6.57. The van der Waals surface area contributed by atoms with E-state index in [1.807, 2.05) is 55.1 Å². The SMILES string of the molecule is CC[C@@H](C)[C@H](NC(=O)c1ccccc1)C(=O)N1CCc2ccccc21. The summed E-state index contributed by atoms with van der Waals surface area (Å²) in [4.78, 5) is 27.6. The number of para-hydroxylation sites is 1. The van der Waals surface area contributed by atoms with E-state index in [1.165, 1.54) is 5.56 Å². The van der Waals surface area contributed by atoms with Gasteiger partial charge in [0, 0.05) is 17.8 Å². The molecule has 0 aromatic heterocycles. The average Bonchev–Trinajstić information content (AvgIpc) is 3.09. The van der Waals surface area contributed by atoms with Crippen LogP contribution in [0.5, 0.6) is 0 Å². The van der Waals surface area contributed by atoms with Gasteiger partial charge in [-0.2, -0.15) is 0 Å². The topological polar surface area (TPSA) is 49.4 Å². The second kappa shape index (κ2) is 7.51. The molecule has 0 aliphatic carbocycles. The summed E-state index contributed by atoms with van der Waals surface area (Å²) in [6, 6.07) is 16.5. The molecular weight excluding hydrogens is 312 g/mol. The van der Waals surface area contributed by atoms with Crippen LogP contribution < -0.4 is 10.2 Å². The van der Waals surface area contributed by atoms with Gasteiger partial charge in [0.1, 0.15) is 6.04 Å². The molecule has 130 valence electrons. The first kappa shape index (κ1) is 17.2. The number of hydrogen-bond acceptors (Lipinski definition) is 2. The largest absolute Gasteiger partial charge is 0.340 e. The Bertz CT molecular complexity index is 758. The predicted octanol–water partition coefficient (Wildman–Crippen LogP) is 3.42. The Labute approximate surface area is 148 Å². The summed E-state index contributed by atoms with van der Waals surface area (Å²) in [5.74, 6) is -0.164. The third kappa shape index (κ3) is 3.58. The van der Waals surface area contributed by atoms with Crippen molar-refractivity contribution >= 4 is 17.5 Å². The lowest BCUT2D eigenvalue weighted by atomic mass is 9.97. The van der Waals surface area contributed by atoms with Crippen LogP contribution in [0.25, 0.3) is 0 Å². The minimum absolute atomic E-state index is 0.0245. The van der Waals surface area contributed by atoms with Gasteiger partial charge < -0.3 is 10.2 Å². The Hall–Kier alpha value is -2.62. The maximum absolute atomic E-state index is 13.2. The molecule has 2 amide bonds. The fourth-order valence-electron chi connectivity index (χ4n) is 3.23. The molecule has 0 unspecified atom stereocenters. The molecule has 0 bridgehead atoms. The summed E-state index contributed by atoms with van der Waals surface area (Å²) < 4.78 is 0. The molecule has 1 aliphatic rings. The van der Waals surface area contributed by atoms with Crippen LogP contribution in [-0.2, 0) is 11.2 Å².